The Morgan fingerprint density at radius 1 is 1.17 bits per heavy atom. The van der Waals surface area contributed by atoms with Crippen LogP contribution in [0.2, 0.25) is 10.0 Å². The van der Waals surface area contributed by atoms with E-state index in [1.807, 2.05) is 6.92 Å². The van der Waals surface area contributed by atoms with E-state index in [0.29, 0.717) is 10.0 Å². The van der Waals surface area contributed by atoms with Crippen molar-refractivity contribution in [3.8, 4) is 5.75 Å². The van der Waals surface area contributed by atoms with Crippen LogP contribution in [0.5, 0.6) is 5.75 Å². The summed E-state index contributed by atoms with van der Waals surface area (Å²) in [6.07, 6.45) is 3.83. The fraction of sp³-hybridized carbons (Fsp3) is 0.571. The van der Waals surface area contributed by atoms with E-state index < -0.39 is 0 Å². The summed E-state index contributed by atoms with van der Waals surface area (Å²) in [7, 11) is 0. The standard InChI is InChI=1S/C14H21Cl2NO/c1-3-4-5-6-17-10-11(2)18-14-8-12(15)7-13(16)9-14/h7-9,11,17H,3-6,10H2,1-2H3. The molecule has 0 bridgehead atoms. The van der Waals surface area contributed by atoms with Crippen molar-refractivity contribution in [1.29, 1.82) is 0 Å². The Labute approximate surface area is 120 Å². The minimum Gasteiger partial charge on any atom is -0.489 e. The van der Waals surface area contributed by atoms with Crippen molar-refractivity contribution >= 4 is 23.2 Å². The molecule has 0 aromatic heterocycles. The van der Waals surface area contributed by atoms with Gasteiger partial charge in [0.2, 0.25) is 0 Å². The molecule has 0 spiro atoms. The van der Waals surface area contributed by atoms with Gasteiger partial charge in [0.15, 0.2) is 0 Å². The van der Waals surface area contributed by atoms with Gasteiger partial charge in [0.05, 0.1) is 0 Å². The van der Waals surface area contributed by atoms with Gasteiger partial charge in [0.25, 0.3) is 0 Å². The molecule has 0 aliphatic heterocycles. The number of hydrogen-bond acceptors (Lipinski definition) is 2. The summed E-state index contributed by atoms with van der Waals surface area (Å²) >= 11 is 11.8. The number of rotatable bonds is 8. The molecule has 0 aliphatic rings. The van der Waals surface area contributed by atoms with Crippen LogP contribution in [0.3, 0.4) is 0 Å². The highest BCUT2D eigenvalue weighted by Gasteiger charge is 2.05. The summed E-state index contributed by atoms with van der Waals surface area (Å²) in [4.78, 5) is 0. The van der Waals surface area contributed by atoms with Gasteiger partial charge in [-0.3, -0.25) is 0 Å². The molecule has 18 heavy (non-hydrogen) atoms. The Morgan fingerprint density at radius 2 is 1.83 bits per heavy atom. The van der Waals surface area contributed by atoms with Crippen LogP contribution in [-0.4, -0.2) is 19.2 Å². The van der Waals surface area contributed by atoms with Crippen LogP contribution in [0.25, 0.3) is 0 Å². The van der Waals surface area contributed by atoms with Crippen LogP contribution >= 0.6 is 23.2 Å². The molecule has 1 aromatic carbocycles. The molecule has 0 fully saturated rings. The lowest BCUT2D eigenvalue weighted by Gasteiger charge is -2.16. The smallest absolute Gasteiger partial charge is 0.122 e. The molecule has 1 rings (SSSR count). The van der Waals surface area contributed by atoms with Crippen LogP contribution in [0.1, 0.15) is 33.1 Å². The molecule has 1 unspecified atom stereocenters. The van der Waals surface area contributed by atoms with Crippen LogP contribution < -0.4 is 10.1 Å². The van der Waals surface area contributed by atoms with E-state index in [2.05, 4.69) is 12.2 Å². The largest absolute Gasteiger partial charge is 0.489 e. The predicted molar refractivity (Wildman–Crippen MR) is 78.9 cm³/mol. The molecular formula is C14H21Cl2NO. The molecule has 4 heteroatoms. The van der Waals surface area contributed by atoms with E-state index >= 15 is 0 Å². The lowest BCUT2D eigenvalue weighted by atomic mass is 10.2. The predicted octanol–water partition coefficient (Wildman–Crippen LogP) is 4.54. The highest BCUT2D eigenvalue weighted by Crippen LogP contribution is 2.24. The fourth-order valence-electron chi connectivity index (χ4n) is 1.68. The van der Waals surface area contributed by atoms with Crippen molar-refractivity contribution in [2.24, 2.45) is 0 Å². The number of ether oxygens (including phenoxy) is 1. The minimum atomic E-state index is 0.0983. The third-order valence-corrected chi connectivity index (χ3v) is 3.00. The number of halogens is 2. The van der Waals surface area contributed by atoms with E-state index in [0.717, 1.165) is 18.8 Å². The lowest BCUT2D eigenvalue weighted by Crippen LogP contribution is -2.29. The molecule has 2 nitrogen and oxygen atoms in total. The maximum atomic E-state index is 5.92. The van der Waals surface area contributed by atoms with E-state index in [-0.39, 0.29) is 6.10 Å². The zero-order chi connectivity index (χ0) is 13.4. The lowest BCUT2D eigenvalue weighted by molar-refractivity contribution is 0.217. The number of hydrogen-bond donors (Lipinski definition) is 1. The molecule has 0 radical (unpaired) electrons. The second kappa shape index (κ2) is 8.63. The Balaban J connectivity index is 2.28. The highest BCUT2D eigenvalue weighted by atomic mass is 35.5. The molecule has 0 amide bonds. The normalized spacial score (nSPS) is 12.4. The first-order chi connectivity index (χ1) is 8.61. The van der Waals surface area contributed by atoms with Gasteiger partial charge in [-0.15, -0.1) is 0 Å². The van der Waals surface area contributed by atoms with Crippen molar-refractivity contribution in [1.82, 2.24) is 5.32 Å². The maximum Gasteiger partial charge on any atom is 0.122 e. The van der Waals surface area contributed by atoms with Crippen LogP contribution in [0.4, 0.5) is 0 Å². The van der Waals surface area contributed by atoms with Crippen molar-refractivity contribution < 1.29 is 4.74 Å². The molecule has 0 saturated heterocycles. The highest BCUT2D eigenvalue weighted by molar-refractivity contribution is 6.34. The van der Waals surface area contributed by atoms with Gasteiger partial charge in [0, 0.05) is 16.6 Å². The molecule has 1 aromatic rings. The Kier molecular flexibility index (Phi) is 7.48. The van der Waals surface area contributed by atoms with Crippen LogP contribution in [0, 0.1) is 0 Å². The quantitative estimate of drug-likeness (QED) is 0.710. The Bertz CT molecular complexity index is 337. The molecule has 0 saturated carbocycles. The maximum absolute atomic E-state index is 5.92. The van der Waals surface area contributed by atoms with Crippen molar-refractivity contribution in [2.75, 3.05) is 13.1 Å². The van der Waals surface area contributed by atoms with Gasteiger partial charge in [0.1, 0.15) is 11.9 Å². The zero-order valence-corrected chi connectivity index (χ0v) is 12.5. The van der Waals surface area contributed by atoms with Gasteiger partial charge in [-0.1, -0.05) is 43.0 Å². The monoisotopic (exact) mass is 289 g/mol. The minimum absolute atomic E-state index is 0.0983. The van der Waals surface area contributed by atoms with Gasteiger partial charge in [-0.05, 0) is 38.1 Å². The fourth-order valence-corrected chi connectivity index (χ4v) is 2.18. The summed E-state index contributed by atoms with van der Waals surface area (Å²) in [5.41, 5.74) is 0. The van der Waals surface area contributed by atoms with E-state index in [1.54, 1.807) is 18.2 Å². The number of benzene rings is 1. The second-order valence-electron chi connectivity index (χ2n) is 4.44. The second-order valence-corrected chi connectivity index (χ2v) is 5.32. The van der Waals surface area contributed by atoms with Gasteiger partial charge in [-0.25, -0.2) is 0 Å². The van der Waals surface area contributed by atoms with Crippen molar-refractivity contribution in [2.45, 2.75) is 39.2 Å². The molecular weight excluding hydrogens is 269 g/mol. The van der Waals surface area contributed by atoms with Crippen LogP contribution in [0.15, 0.2) is 18.2 Å². The summed E-state index contributed by atoms with van der Waals surface area (Å²) in [6.45, 7) is 6.10. The van der Waals surface area contributed by atoms with Crippen molar-refractivity contribution in [3.63, 3.8) is 0 Å². The first kappa shape index (κ1) is 15.6. The molecule has 0 heterocycles. The van der Waals surface area contributed by atoms with Gasteiger partial charge < -0.3 is 10.1 Å². The average molecular weight is 290 g/mol. The summed E-state index contributed by atoms with van der Waals surface area (Å²) in [6, 6.07) is 5.26. The number of nitrogens with one attached hydrogen (secondary N) is 1. The summed E-state index contributed by atoms with van der Waals surface area (Å²) in [5.74, 6) is 0.718. The van der Waals surface area contributed by atoms with E-state index in [1.165, 1.54) is 19.3 Å². The molecule has 102 valence electrons. The Morgan fingerprint density at radius 3 is 2.44 bits per heavy atom. The summed E-state index contributed by atoms with van der Waals surface area (Å²) < 4.78 is 5.75. The molecule has 1 N–H and O–H groups in total. The van der Waals surface area contributed by atoms with E-state index in [9.17, 15) is 0 Å². The molecule has 1 atom stereocenters. The SMILES string of the molecule is CCCCCNCC(C)Oc1cc(Cl)cc(Cl)c1. The third-order valence-electron chi connectivity index (χ3n) is 2.56. The van der Waals surface area contributed by atoms with Crippen molar-refractivity contribution in [3.05, 3.63) is 28.2 Å². The molecule has 0 aliphatic carbocycles. The topological polar surface area (TPSA) is 21.3 Å². The number of unbranched alkanes of at least 4 members (excludes halogenated alkanes) is 2. The zero-order valence-electron chi connectivity index (χ0n) is 11.0. The van der Waals surface area contributed by atoms with E-state index in [4.69, 9.17) is 27.9 Å². The van der Waals surface area contributed by atoms with Gasteiger partial charge >= 0.3 is 0 Å². The first-order valence-electron chi connectivity index (χ1n) is 6.45. The first-order valence-corrected chi connectivity index (χ1v) is 7.21. The average Bonchev–Trinajstić information content (AvgIpc) is 2.27. The Hall–Kier alpha value is -0.440. The van der Waals surface area contributed by atoms with Crippen LogP contribution in [-0.2, 0) is 0 Å². The third kappa shape index (κ3) is 6.48. The summed E-state index contributed by atoms with van der Waals surface area (Å²) in [5, 5.41) is 4.57. The van der Waals surface area contributed by atoms with Gasteiger partial charge in [-0.2, -0.15) is 0 Å².